The molecular formula is C27H36Cl2N4O2. The Morgan fingerprint density at radius 2 is 1.66 bits per heavy atom. The van der Waals surface area contributed by atoms with Crippen LogP contribution >= 0.6 is 24.8 Å². The van der Waals surface area contributed by atoms with Crippen LogP contribution in [0.4, 0.5) is 5.69 Å². The Labute approximate surface area is 220 Å². The number of anilines is 1. The maximum Gasteiger partial charge on any atom is 0.243 e. The lowest BCUT2D eigenvalue weighted by molar-refractivity contribution is -0.126. The van der Waals surface area contributed by atoms with E-state index in [2.05, 4.69) is 34.5 Å². The van der Waals surface area contributed by atoms with Crippen molar-refractivity contribution in [3.8, 4) is 0 Å². The van der Waals surface area contributed by atoms with Crippen LogP contribution in [0, 0.1) is 0 Å². The SMILES string of the molecule is Cl.Cl.NCCNC(=O)[C@@H]1Cc2ccccc2N1C(=O)CCN1CCC2(CCc3ccccc32)CC1. The van der Waals surface area contributed by atoms with Gasteiger partial charge in [-0.3, -0.25) is 14.5 Å². The lowest BCUT2D eigenvalue weighted by Crippen LogP contribution is -2.50. The van der Waals surface area contributed by atoms with E-state index in [0.29, 0.717) is 31.3 Å². The maximum atomic E-state index is 13.3. The number of nitrogens with zero attached hydrogens (tertiary/aromatic N) is 2. The third-order valence-electron chi connectivity index (χ3n) is 7.91. The molecule has 0 saturated carbocycles. The Bertz CT molecular complexity index is 1040. The number of halogens is 2. The van der Waals surface area contributed by atoms with Crippen molar-refractivity contribution in [3.63, 3.8) is 0 Å². The molecule has 0 radical (unpaired) electrons. The van der Waals surface area contributed by atoms with Gasteiger partial charge in [0.15, 0.2) is 0 Å². The first-order valence-corrected chi connectivity index (χ1v) is 12.3. The van der Waals surface area contributed by atoms with Crippen LogP contribution in [0.25, 0.3) is 0 Å². The van der Waals surface area contributed by atoms with Gasteiger partial charge in [-0.05, 0) is 66.9 Å². The number of aryl methyl sites for hydroxylation is 1. The second-order valence-electron chi connectivity index (χ2n) is 9.72. The number of para-hydroxylation sites is 1. The minimum atomic E-state index is -0.485. The van der Waals surface area contributed by atoms with E-state index >= 15 is 0 Å². The molecule has 2 aliphatic heterocycles. The van der Waals surface area contributed by atoms with Crippen molar-refractivity contribution in [2.45, 2.75) is 50.0 Å². The highest BCUT2D eigenvalue weighted by atomic mass is 35.5. The second kappa shape index (κ2) is 11.7. The average Bonchev–Trinajstić information content (AvgIpc) is 3.41. The zero-order valence-corrected chi connectivity index (χ0v) is 21.7. The highest BCUT2D eigenvalue weighted by molar-refractivity contribution is 6.03. The fourth-order valence-corrected chi connectivity index (χ4v) is 6.08. The van der Waals surface area contributed by atoms with Crippen molar-refractivity contribution in [2.75, 3.05) is 37.6 Å². The number of nitrogens with two attached hydrogens (primary N) is 1. The molecule has 8 heteroatoms. The van der Waals surface area contributed by atoms with Gasteiger partial charge in [0.1, 0.15) is 6.04 Å². The van der Waals surface area contributed by atoms with Crippen LogP contribution in [0.5, 0.6) is 0 Å². The van der Waals surface area contributed by atoms with E-state index in [9.17, 15) is 9.59 Å². The monoisotopic (exact) mass is 518 g/mol. The number of hydrogen-bond donors (Lipinski definition) is 2. The molecule has 2 aromatic carbocycles. The molecule has 1 aliphatic carbocycles. The van der Waals surface area contributed by atoms with Crippen LogP contribution in [0.2, 0.25) is 0 Å². The third-order valence-corrected chi connectivity index (χ3v) is 7.91. The Balaban J connectivity index is 0.00000171. The van der Waals surface area contributed by atoms with Gasteiger partial charge >= 0.3 is 0 Å². The van der Waals surface area contributed by atoms with Crippen LogP contribution < -0.4 is 16.0 Å². The number of carbonyl (C=O) groups is 2. The van der Waals surface area contributed by atoms with E-state index in [0.717, 1.165) is 43.7 Å². The lowest BCUT2D eigenvalue weighted by atomic mass is 9.74. The number of fused-ring (bicyclic) bond motifs is 3. The summed E-state index contributed by atoms with van der Waals surface area (Å²) in [5.41, 5.74) is 10.9. The first-order chi connectivity index (χ1) is 16.1. The summed E-state index contributed by atoms with van der Waals surface area (Å²) in [6, 6.07) is 16.3. The topological polar surface area (TPSA) is 78.7 Å². The van der Waals surface area contributed by atoms with Crippen molar-refractivity contribution in [3.05, 3.63) is 65.2 Å². The Morgan fingerprint density at radius 1 is 0.971 bits per heavy atom. The number of piperidine rings is 1. The van der Waals surface area contributed by atoms with Gasteiger partial charge in [-0.25, -0.2) is 0 Å². The summed E-state index contributed by atoms with van der Waals surface area (Å²) >= 11 is 0. The molecule has 190 valence electrons. The van der Waals surface area contributed by atoms with Gasteiger partial charge in [-0.1, -0.05) is 42.5 Å². The first kappa shape index (κ1) is 27.5. The number of rotatable bonds is 6. The minimum absolute atomic E-state index is 0. The molecule has 3 N–H and O–H groups in total. The largest absolute Gasteiger partial charge is 0.353 e. The predicted octanol–water partition coefficient (Wildman–Crippen LogP) is 3.23. The second-order valence-corrected chi connectivity index (χ2v) is 9.72. The molecule has 1 spiro atoms. The molecule has 3 aliphatic rings. The lowest BCUT2D eigenvalue weighted by Gasteiger charge is -2.40. The van der Waals surface area contributed by atoms with Crippen LogP contribution in [-0.4, -0.2) is 55.5 Å². The van der Waals surface area contributed by atoms with Gasteiger partial charge in [-0.2, -0.15) is 0 Å². The molecule has 5 rings (SSSR count). The summed E-state index contributed by atoms with van der Waals surface area (Å²) in [6.45, 7) is 3.61. The molecule has 35 heavy (non-hydrogen) atoms. The average molecular weight is 520 g/mol. The highest BCUT2D eigenvalue weighted by Gasteiger charge is 2.41. The number of amides is 2. The van der Waals surface area contributed by atoms with E-state index in [1.165, 1.54) is 18.4 Å². The zero-order chi connectivity index (χ0) is 22.8. The molecule has 1 fully saturated rings. The van der Waals surface area contributed by atoms with E-state index < -0.39 is 6.04 Å². The molecule has 1 saturated heterocycles. The molecule has 2 aromatic rings. The van der Waals surface area contributed by atoms with Crippen LogP contribution in [-0.2, 0) is 27.8 Å². The standard InChI is InChI=1S/C27H34N4O2.2ClH/c28-14-15-29-26(33)24-19-21-6-2-4-8-23(21)31(24)25(32)10-16-30-17-12-27(13-18-30)11-9-20-5-1-3-7-22(20)27;;/h1-8,24H,9-19,28H2,(H,29,33);2*1H/t24-;;/m0../s1. The summed E-state index contributed by atoms with van der Waals surface area (Å²) < 4.78 is 0. The summed E-state index contributed by atoms with van der Waals surface area (Å²) in [5.74, 6) is -0.0934. The third kappa shape index (κ3) is 5.36. The molecule has 0 aromatic heterocycles. The number of nitrogens with one attached hydrogen (secondary N) is 1. The van der Waals surface area contributed by atoms with Crippen molar-refractivity contribution in [1.82, 2.24) is 10.2 Å². The van der Waals surface area contributed by atoms with E-state index in [1.807, 2.05) is 24.3 Å². The minimum Gasteiger partial charge on any atom is -0.353 e. The number of benzene rings is 2. The van der Waals surface area contributed by atoms with Crippen molar-refractivity contribution in [1.29, 1.82) is 0 Å². The number of carbonyl (C=O) groups excluding carboxylic acids is 2. The normalized spacial score (nSPS) is 19.9. The van der Waals surface area contributed by atoms with Gasteiger partial charge in [0.25, 0.3) is 0 Å². The number of likely N-dealkylation sites (tertiary alicyclic amines) is 1. The van der Waals surface area contributed by atoms with Crippen LogP contribution in [0.3, 0.4) is 0 Å². The highest BCUT2D eigenvalue weighted by Crippen LogP contribution is 2.46. The van der Waals surface area contributed by atoms with Gasteiger partial charge in [0, 0.05) is 38.2 Å². The van der Waals surface area contributed by atoms with Crippen molar-refractivity contribution in [2.24, 2.45) is 5.73 Å². The molecule has 2 heterocycles. The molecule has 6 nitrogen and oxygen atoms in total. The summed E-state index contributed by atoms with van der Waals surface area (Å²) in [4.78, 5) is 30.3. The Kier molecular flexibility index (Phi) is 9.22. The molecular weight excluding hydrogens is 483 g/mol. The van der Waals surface area contributed by atoms with E-state index in [-0.39, 0.29) is 36.6 Å². The van der Waals surface area contributed by atoms with Crippen molar-refractivity contribution >= 4 is 42.3 Å². The quantitative estimate of drug-likeness (QED) is 0.615. The summed E-state index contributed by atoms with van der Waals surface area (Å²) in [7, 11) is 0. The van der Waals surface area contributed by atoms with Crippen molar-refractivity contribution < 1.29 is 9.59 Å². The van der Waals surface area contributed by atoms with E-state index in [4.69, 9.17) is 5.73 Å². The van der Waals surface area contributed by atoms with Gasteiger partial charge in [0.05, 0.1) is 0 Å². The molecule has 0 bridgehead atoms. The molecule has 2 amide bonds. The van der Waals surface area contributed by atoms with Crippen LogP contribution in [0.15, 0.2) is 48.5 Å². The smallest absolute Gasteiger partial charge is 0.243 e. The Hall–Kier alpha value is -2.12. The predicted molar refractivity (Wildman–Crippen MR) is 145 cm³/mol. The fourth-order valence-electron chi connectivity index (χ4n) is 6.08. The van der Waals surface area contributed by atoms with Crippen LogP contribution in [0.1, 0.15) is 42.4 Å². The van der Waals surface area contributed by atoms with Gasteiger partial charge in [-0.15, -0.1) is 24.8 Å². The molecule has 1 atom stereocenters. The fraction of sp³-hybridized carbons (Fsp3) is 0.481. The van der Waals surface area contributed by atoms with Gasteiger partial charge < -0.3 is 16.0 Å². The van der Waals surface area contributed by atoms with Gasteiger partial charge in [0.2, 0.25) is 11.8 Å². The summed E-state index contributed by atoms with van der Waals surface area (Å²) in [6.07, 6.45) is 5.76. The molecule has 0 unspecified atom stereocenters. The summed E-state index contributed by atoms with van der Waals surface area (Å²) in [5, 5.41) is 2.87. The maximum absolute atomic E-state index is 13.3. The Morgan fingerprint density at radius 3 is 2.40 bits per heavy atom. The number of hydrogen-bond acceptors (Lipinski definition) is 4. The van der Waals surface area contributed by atoms with E-state index in [1.54, 1.807) is 10.5 Å². The first-order valence-electron chi connectivity index (χ1n) is 12.3. The zero-order valence-electron chi connectivity index (χ0n) is 20.1.